The van der Waals surface area contributed by atoms with Crippen molar-refractivity contribution < 1.29 is 8.42 Å². The van der Waals surface area contributed by atoms with E-state index in [1.54, 1.807) is 10.6 Å². The minimum atomic E-state index is -3.18. The van der Waals surface area contributed by atoms with Crippen LogP contribution in [0.25, 0.3) is 11.0 Å². The van der Waals surface area contributed by atoms with Crippen molar-refractivity contribution >= 4 is 32.6 Å². The zero-order chi connectivity index (χ0) is 21.6. The Kier molecular flexibility index (Phi) is 5.05. The molecule has 0 saturated carbocycles. The number of H-pyrrole nitrogens is 1. The van der Waals surface area contributed by atoms with Gasteiger partial charge in [-0.3, -0.25) is 0 Å². The minimum absolute atomic E-state index is 0.292. The fourth-order valence-electron chi connectivity index (χ4n) is 4.72. The van der Waals surface area contributed by atoms with Gasteiger partial charge in [0.1, 0.15) is 17.8 Å². The van der Waals surface area contributed by atoms with E-state index in [-0.39, 0.29) is 0 Å². The standard InChI is InChI=1S/C21H27N7O2S/c1-15-12-18-17(13-28(15)19-5-7-23-20-16(19)4-6-22-20)21(25-14-24-18)26-8-3-9-27(11-10-26)31(2,29)30/h4-7,14-15H,3,8-13H2,1-2H3,(H,22,23)/t15-/m1/s1. The van der Waals surface area contributed by atoms with Gasteiger partial charge in [-0.2, -0.15) is 0 Å². The van der Waals surface area contributed by atoms with Crippen molar-refractivity contribution in [2.75, 3.05) is 42.2 Å². The number of hydrogen-bond donors (Lipinski definition) is 1. The summed E-state index contributed by atoms with van der Waals surface area (Å²) in [5.74, 6) is 0.927. The zero-order valence-corrected chi connectivity index (χ0v) is 18.6. The molecule has 0 aliphatic carbocycles. The van der Waals surface area contributed by atoms with Gasteiger partial charge in [0.15, 0.2) is 0 Å². The van der Waals surface area contributed by atoms with Gasteiger partial charge in [0.2, 0.25) is 10.0 Å². The summed E-state index contributed by atoms with van der Waals surface area (Å²) in [6.07, 6.45) is 8.30. The number of aromatic nitrogens is 4. The Morgan fingerprint density at radius 1 is 1.10 bits per heavy atom. The first-order valence-electron chi connectivity index (χ1n) is 10.6. The van der Waals surface area contributed by atoms with Gasteiger partial charge in [-0.1, -0.05) is 0 Å². The number of nitrogens with zero attached hydrogens (tertiary/aromatic N) is 6. The van der Waals surface area contributed by atoms with Crippen molar-refractivity contribution in [3.8, 4) is 0 Å². The molecule has 5 rings (SSSR count). The van der Waals surface area contributed by atoms with E-state index >= 15 is 0 Å². The lowest BCUT2D eigenvalue weighted by atomic mass is 9.98. The molecule has 31 heavy (non-hydrogen) atoms. The fourth-order valence-corrected chi connectivity index (χ4v) is 5.60. The van der Waals surface area contributed by atoms with E-state index < -0.39 is 10.0 Å². The van der Waals surface area contributed by atoms with Crippen molar-refractivity contribution in [1.82, 2.24) is 24.2 Å². The molecule has 0 spiro atoms. The molecular formula is C21H27N7O2S. The van der Waals surface area contributed by atoms with E-state index in [9.17, 15) is 8.42 Å². The summed E-state index contributed by atoms with van der Waals surface area (Å²) in [7, 11) is -3.18. The Bertz CT molecular complexity index is 1210. The highest BCUT2D eigenvalue weighted by molar-refractivity contribution is 7.88. The highest BCUT2D eigenvalue weighted by Gasteiger charge is 2.30. The molecule has 0 radical (unpaired) electrons. The van der Waals surface area contributed by atoms with Crippen LogP contribution in [-0.4, -0.2) is 71.1 Å². The van der Waals surface area contributed by atoms with Gasteiger partial charge >= 0.3 is 0 Å². The van der Waals surface area contributed by atoms with Gasteiger partial charge in [-0.15, -0.1) is 0 Å². The summed E-state index contributed by atoms with van der Waals surface area (Å²) in [6.45, 7) is 5.37. The fraction of sp³-hybridized carbons (Fsp3) is 0.476. The van der Waals surface area contributed by atoms with E-state index in [0.717, 1.165) is 53.2 Å². The first kappa shape index (κ1) is 20.2. The van der Waals surface area contributed by atoms with Crippen LogP contribution in [0.1, 0.15) is 24.6 Å². The van der Waals surface area contributed by atoms with Crippen LogP contribution < -0.4 is 9.80 Å². The van der Waals surface area contributed by atoms with E-state index in [0.29, 0.717) is 32.2 Å². The van der Waals surface area contributed by atoms with Gasteiger partial charge in [-0.05, 0) is 25.5 Å². The number of rotatable bonds is 3. The van der Waals surface area contributed by atoms with E-state index in [1.165, 1.54) is 6.26 Å². The molecule has 1 fully saturated rings. The van der Waals surface area contributed by atoms with Gasteiger partial charge in [0, 0.05) is 74.2 Å². The zero-order valence-electron chi connectivity index (χ0n) is 17.8. The molecule has 0 bridgehead atoms. The summed E-state index contributed by atoms with van der Waals surface area (Å²) in [6, 6.07) is 4.43. The average molecular weight is 442 g/mol. The monoisotopic (exact) mass is 441 g/mol. The third-order valence-electron chi connectivity index (χ3n) is 6.33. The van der Waals surface area contributed by atoms with Crippen molar-refractivity contribution in [3.05, 3.63) is 42.1 Å². The molecule has 1 saturated heterocycles. The lowest BCUT2D eigenvalue weighted by Crippen LogP contribution is -2.41. The molecule has 0 aromatic carbocycles. The van der Waals surface area contributed by atoms with Crippen LogP contribution in [-0.2, 0) is 23.0 Å². The Labute approximate surface area is 182 Å². The van der Waals surface area contributed by atoms with Crippen LogP contribution >= 0.6 is 0 Å². The van der Waals surface area contributed by atoms with E-state index in [2.05, 4.69) is 48.8 Å². The van der Waals surface area contributed by atoms with Gasteiger partial charge < -0.3 is 14.8 Å². The maximum Gasteiger partial charge on any atom is 0.211 e. The van der Waals surface area contributed by atoms with Crippen LogP contribution in [0.2, 0.25) is 0 Å². The van der Waals surface area contributed by atoms with Crippen LogP contribution in [0, 0.1) is 0 Å². The number of anilines is 2. The van der Waals surface area contributed by atoms with Crippen molar-refractivity contribution in [1.29, 1.82) is 0 Å². The Hall–Kier alpha value is -2.72. The molecule has 10 heteroatoms. The lowest BCUT2D eigenvalue weighted by Gasteiger charge is -2.38. The maximum atomic E-state index is 12.0. The predicted octanol–water partition coefficient (Wildman–Crippen LogP) is 1.78. The maximum absolute atomic E-state index is 12.0. The quantitative estimate of drug-likeness (QED) is 0.661. The highest BCUT2D eigenvalue weighted by Crippen LogP contribution is 2.35. The molecule has 5 heterocycles. The van der Waals surface area contributed by atoms with Crippen LogP contribution in [0.4, 0.5) is 11.5 Å². The van der Waals surface area contributed by atoms with Crippen molar-refractivity contribution in [2.24, 2.45) is 0 Å². The molecule has 164 valence electrons. The first-order valence-corrected chi connectivity index (χ1v) is 12.5. The number of fused-ring (bicyclic) bond motifs is 2. The number of pyridine rings is 1. The molecule has 0 unspecified atom stereocenters. The molecular weight excluding hydrogens is 414 g/mol. The topological polar surface area (TPSA) is 98.3 Å². The van der Waals surface area contributed by atoms with Crippen molar-refractivity contribution in [3.63, 3.8) is 0 Å². The second-order valence-corrected chi connectivity index (χ2v) is 10.4. The Balaban J connectivity index is 1.48. The SMILES string of the molecule is C[C@@H]1Cc2ncnc(N3CCCN(S(C)(=O)=O)CC3)c2CN1c1ccnc2[nH]ccc12. The second kappa shape index (κ2) is 7.76. The highest BCUT2D eigenvalue weighted by atomic mass is 32.2. The second-order valence-electron chi connectivity index (χ2n) is 8.38. The number of sulfonamides is 1. The smallest absolute Gasteiger partial charge is 0.211 e. The molecule has 1 atom stereocenters. The minimum Gasteiger partial charge on any atom is -0.363 e. The van der Waals surface area contributed by atoms with Crippen LogP contribution in [0.3, 0.4) is 0 Å². The largest absolute Gasteiger partial charge is 0.363 e. The van der Waals surface area contributed by atoms with Crippen molar-refractivity contribution in [2.45, 2.75) is 32.4 Å². The summed E-state index contributed by atoms with van der Waals surface area (Å²) >= 11 is 0. The summed E-state index contributed by atoms with van der Waals surface area (Å²) < 4.78 is 25.6. The summed E-state index contributed by atoms with van der Waals surface area (Å²) in [5.41, 5.74) is 4.25. The molecule has 3 aromatic rings. The summed E-state index contributed by atoms with van der Waals surface area (Å²) in [4.78, 5) is 21.5. The Morgan fingerprint density at radius 3 is 2.81 bits per heavy atom. The Morgan fingerprint density at radius 2 is 1.97 bits per heavy atom. The van der Waals surface area contributed by atoms with E-state index in [4.69, 9.17) is 0 Å². The third kappa shape index (κ3) is 3.74. The third-order valence-corrected chi connectivity index (χ3v) is 7.63. The normalized spacial score (nSPS) is 20.6. The molecule has 3 aromatic heterocycles. The predicted molar refractivity (Wildman–Crippen MR) is 121 cm³/mol. The van der Waals surface area contributed by atoms with Gasteiger partial charge in [0.25, 0.3) is 0 Å². The van der Waals surface area contributed by atoms with Gasteiger partial charge in [0.05, 0.1) is 11.9 Å². The van der Waals surface area contributed by atoms with Crippen LogP contribution in [0.5, 0.6) is 0 Å². The van der Waals surface area contributed by atoms with Gasteiger partial charge in [-0.25, -0.2) is 27.7 Å². The number of nitrogens with one attached hydrogen (secondary N) is 1. The molecule has 2 aliphatic heterocycles. The first-order chi connectivity index (χ1) is 14.9. The molecule has 2 aliphatic rings. The lowest BCUT2D eigenvalue weighted by molar-refractivity contribution is 0.437. The van der Waals surface area contributed by atoms with Crippen LogP contribution in [0.15, 0.2) is 30.9 Å². The van der Waals surface area contributed by atoms with E-state index in [1.807, 2.05) is 12.4 Å². The molecule has 0 amide bonds. The molecule has 9 nitrogen and oxygen atoms in total. The molecule has 1 N–H and O–H groups in total. The number of aromatic amines is 1. The summed E-state index contributed by atoms with van der Waals surface area (Å²) in [5, 5.41) is 1.11. The number of hydrogen-bond acceptors (Lipinski definition) is 7. The average Bonchev–Trinajstić information content (AvgIpc) is 3.08.